The Morgan fingerprint density at radius 3 is 3.12 bits per heavy atom. The van der Waals surface area contributed by atoms with Crippen LogP contribution in [0.2, 0.25) is 0 Å². The van der Waals surface area contributed by atoms with Gasteiger partial charge in [-0.05, 0) is 28.1 Å². The lowest BCUT2D eigenvalue weighted by Gasteiger charge is -2.04. The van der Waals surface area contributed by atoms with Crippen molar-refractivity contribution in [3.8, 4) is 0 Å². The van der Waals surface area contributed by atoms with Crippen LogP contribution in [0.4, 0.5) is 5.82 Å². The number of halogens is 1. The van der Waals surface area contributed by atoms with E-state index in [2.05, 4.69) is 37.9 Å². The lowest BCUT2D eigenvalue weighted by Crippen LogP contribution is -2.00. The SMILES string of the molecule is C=Cn1cc(CNc2ncccc2Br)cn1. The summed E-state index contributed by atoms with van der Waals surface area (Å²) in [6, 6.07) is 3.83. The highest BCUT2D eigenvalue weighted by Crippen LogP contribution is 2.18. The fourth-order valence-corrected chi connectivity index (χ4v) is 1.67. The molecule has 0 aliphatic rings. The van der Waals surface area contributed by atoms with Crippen molar-refractivity contribution in [3.05, 3.63) is 47.3 Å². The van der Waals surface area contributed by atoms with Gasteiger partial charge in [0.15, 0.2) is 0 Å². The number of nitrogens with one attached hydrogen (secondary N) is 1. The third-order valence-electron chi connectivity index (χ3n) is 2.06. The minimum absolute atomic E-state index is 0.684. The molecule has 5 heteroatoms. The molecule has 0 aliphatic heterocycles. The van der Waals surface area contributed by atoms with E-state index in [1.807, 2.05) is 18.3 Å². The Bertz CT molecular complexity index is 492. The van der Waals surface area contributed by atoms with Gasteiger partial charge in [0.25, 0.3) is 0 Å². The van der Waals surface area contributed by atoms with E-state index in [4.69, 9.17) is 0 Å². The molecule has 1 N–H and O–H groups in total. The lowest BCUT2D eigenvalue weighted by molar-refractivity contribution is 0.936. The van der Waals surface area contributed by atoms with Crippen molar-refractivity contribution >= 4 is 27.9 Å². The van der Waals surface area contributed by atoms with Gasteiger partial charge >= 0.3 is 0 Å². The van der Waals surface area contributed by atoms with E-state index in [0.29, 0.717) is 6.54 Å². The molecule has 0 aromatic carbocycles. The second kappa shape index (κ2) is 4.94. The molecule has 0 amide bonds. The zero-order valence-electron chi connectivity index (χ0n) is 8.60. The molecule has 2 aromatic rings. The molecule has 2 rings (SSSR count). The van der Waals surface area contributed by atoms with Crippen molar-refractivity contribution in [2.75, 3.05) is 5.32 Å². The Morgan fingerprint density at radius 1 is 1.56 bits per heavy atom. The molecule has 2 aromatic heterocycles. The standard InChI is InChI=1S/C11H11BrN4/c1-2-16-8-9(7-15-16)6-14-11-10(12)4-3-5-13-11/h2-5,7-8H,1,6H2,(H,13,14). The molecule has 0 spiro atoms. The Kier molecular flexibility index (Phi) is 3.36. The molecule has 4 nitrogen and oxygen atoms in total. The van der Waals surface area contributed by atoms with Crippen LogP contribution in [0.5, 0.6) is 0 Å². The number of rotatable bonds is 4. The number of hydrogen-bond donors (Lipinski definition) is 1. The van der Waals surface area contributed by atoms with E-state index in [0.717, 1.165) is 15.9 Å². The average molecular weight is 279 g/mol. The molecule has 16 heavy (non-hydrogen) atoms. The van der Waals surface area contributed by atoms with Crippen molar-refractivity contribution in [3.63, 3.8) is 0 Å². The van der Waals surface area contributed by atoms with Gasteiger partial charge in [-0.15, -0.1) is 0 Å². The van der Waals surface area contributed by atoms with E-state index in [-0.39, 0.29) is 0 Å². The summed E-state index contributed by atoms with van der Waals surface area (Å²) >= 11 is 3.43. The number of anilines is 1. The van der Waals surface area contributed by atoms with Crippen LogP contribution in [0.3, 0.4) is 0 Å². The van der Waals surface area contributed by atoms with Crippen LogP contribution in [0.25, 0.3) is 6.20 Å². The van der Waals surface area contributed by atoms with Crippen molar-refractivity contribution in [1.29, 1.82) is 0 Å². The molecule has 82 valence electrons. The summed E-state index contributed by atoms with van der Waals surface area (Å²) in [6.07, 6.45) is 7.11. The van der Waals surface area contributed by atoms with Crippen LogP contribution in [0.15, 0.2) is 41.8 Å². The molecule has 0 radical (unpaired) electrons. The zero-order chi connectivity index (χ0) is 11.4. The summed E-state index contributed by atoms with van der Waals surface area (Å²) in [7, 11) is 0. The highest BCUT2D eigenvalue weighted by molar-refractivity contribution is 9.10. The fourth-order valence-electron chi connectivity index (χ4n) is 1.27. The van der Waals surface area contributed by atoms with Crippen molar-refractivity contribution in [2.24, 2.45) is 0 Å². The second-order valence-electron chi connectivity index (χ2n) is 3.20. The fraction of sp³-hybridized carbons (Fsp3) is 0.0909. The Morgan fingerprint density at radius 2 is 2.44 bits per heavy atom. The molecule has 0 bridgehead atoms. The third kappa shape index (κ3) is 2.49. The molecule has 0 unspecified atom stereocenters. The number of pyridine rings is 1. The van der Waals surface area contributed by atoms with Gasteiger partial charge in [0.05, 0.1) is 10.7 Å². The van der Waals surface area contributed by atoms with Crippen LogP contribution >= 0.6 is 15.9 Å². The van der Waals surface area contributed by atoms with Crippen LogP contribution in [0, 0.1) is 0 Å². The topological polar surface area (TPSA) is 42.7 Å². The quantitative estimate of drug-likeness (QED) is 0.935. The normalized spacial score (nSPS) is 10.1. The smallest absolute Gasteiger partial charge is 0.140 e. The van der Waals surface area contributed by atoms with E-state index in [1.165, 1.54) is 0 Å². The van der Waals surface area contributed by atoms with Gasteiger partial charge in [-0.2, -0.15) is 5.10 Å². The molecule has 0 saturated heterocycles. The van der Waals surface area contributed by atoms with Gasteiger partial charge in [-0.25, -0.2) is 9.67 Å². The van der Waals surface area contributed by atoms with Crippen molar-refractivity contribution < 1.29 is 0 Å². The molecular weight excluding hydrogens is 268 g/mol. The maximum absolute atomic E-state index is 4.21. The predicted molar refractivity (Wildman–Crippen MR) is 67.9 cm³/mol. The molecule has 2 heterocycles. The van der Waals surface area contributed by atoms with Gasteiger partial charge in [-0.1, -0.05) is 6.58 Å². The van der Waals surface area contributed by atoms with Crippen LogP contribution in [-0.4, -0.2) is 14.8 Å². The third-order valence-corrected chi connectivity index (χ3v) is 2.70. The van der Waals surface area contributed by atoms with Gasteiger partial charge < -0.3 is 5.32 Å². The number of nitrogens with zero attached hydrogens (tertiary/aromatic N) is 3. The maximum Gasteiger partial charge on any atom is 0.140 e. The van der Waals surface area contributed by atoms with Crippen LogP contribution < -0.4 is 5.32 Å². The maximum atomic E-state index is 4.21. The molecule has 0 atom stereocenters. The Hall–Kier alpha value is -1.62. The van der Waals surface area contributed by atoms with E-state index in [1.54, 1.807) is 23.3 Å². The first-order valence-corrected chi connectivity index (χ1v) is 5.59. The van der Waals surface area contributed by atoms with Gasteiger partial charge in [0.1, 0.15) is 5.82 Å². The molecule has 0 fully saturated rings. The summed E-state index contributed by atoms with van der Waals surface area (Å²) in [5.41, 5.74) is 1.08. The van der Waals surface area contributed by atoms with Gasteiger partial charge in [-0.3, -0.25) is 0 Å². The first-order valence-electron chi connectivity index (χ1n) is 4.79. The first kappa shape index (κ1) is 10.9. The predicted octanol–water partition coefficient (Wildman–Crippen LogP) is 2.75. The second-order valence-corrected chi connectivity index (χ2v) is 4.05. The monoisotopic (exact) mass is 278 g/mol. The summed E-state index contributed by atoms with van der Waals surface area (Å²) < 4.78 is 2.62. The zero-order valence-corrected chi connectivity index (χ0v) is 10.2. The summed E-state index contributed by atoms with van der Waals surface area (Å²) in [4.78, 5) is 4.21. The van der Waals surface area contributed by atoms with E-state index in [9.17, 15) is 0 Å². The van der Waals surface area contributed by atoms with Crippen LogP contribution in [0.1, 0.15) is 5.56 Å². The minimum atomic E-state index is 0.684. The van der Waals surface area contributed by atoms with Gasteiger partial charge in [0.2, 0.25) is 0 Å². The van der Waals surface area contributed by atoms with E-state index < -0.39 is 0 Å². The minimum Gasteiger partial charge on any atom is -0.365 e. The highest BCUT2D eigenvalue weighted by atomic mass is 79.9. The Labute approximate surface area is 102 Å². The highest BCUT2D eigenvalue weighted by Gasteiger charge is 2.00. The van der Waals surface area contributed by atoms with Crippen LogP contribution in [-0.2, 0) is 6.54 Å². The van der Waals surface area contributed by atoms with Crippen molar-refractivity contribution in [2.45, 2.75) is 6.54 Å². The number of hydrogen-bond acceptors (Lipinski definition) is 3. The molecular formula is C11H11BrN4. The van der Waals surface area contributed by atoms with E-state index >= 15 is 0 Å². The Balaban J connectivity index is 2.02. The first-order chi connectivity index (χ1) is 7.79. The average Bonchev–Trinajstić information content (AvgIpc) is 2.76. The molecule has 0 saturated carbocycles. The largest absolute Gasteiger partial charge is 0.365 e. The summed E-state index contributed by atoms with van der Waals surface area (Å²) in [5.74, 6) is 0.828. The molecule has 0 aliphatic carbocycles. The summed E-state index contributed by atoms with van der Waals surface area (Å²) in [6.45, 7) is 4.32. The van der Waals surface area contributed by atoms with Crippen molar-refractivity contribution in [1.82, 2.24) is 14.8 Å². The lowest BCUT2D eigenvalue weighted by atomic mass is 10.3. The summed E-state index contributed by atoms with van der Waals surface area (Å²) in [5, 5.41) is 7.32. The number of aromatic nitrogens is 3. The van der Waals surface area contributed by atoms with Gasteiger partial charge in [0, 0.05) is 30.7 Å².